The number of piperazine rings is 1. The summed E-state index contributed by atoms with van der Waals surface area (Å²) in [6.07, 6.45) is 1.65. The van der Waals surface area contributed by atoms with Crippen molar-refractivity contribution in [3.05, 3.63) is 0 Å². The molecule has 0 saturated carbocycles. The number of β-amino-alcohol motifs (C(OH)–C–C–N with tert-alkyl or cyclic N) is 2. The predicted molar refractivity (Wildman–Crippen MR) is 94.1 cm³/mol. The van der Waals surface area contributed by atoms with Crippen LogP contribution in [0, 0.1) is 5.41 Å². The van der Waals surface area contributed by atoms with Gasteiger partial charge in [0, 0.05) is 45.9 Å². The molecule has 2 aliphatic rings. The lowest BCUT2D eigenvalue weighted by molar-refractivity contribution is -0.0318. The van der Waals surface area contributed by atoms with Gasteiger partial charge < -0.3 is 19.7 Å². The van der Waals surface area contributed by atoms with E-state index >= 15 is 0 Å². The van der Waals surface area contributed by atoms with Gasteiger partial charge in [-0.1, -0.05) is 20.8 Å². The third-order valence-electron chi connectivity index (χ3n) is 5.00. The maximum Gasteiger partial charge on any atom is 0.0900 e. The molecule has 2 N–H and O–H groups in total. The summed E-state index contributed by atoms with van der Waals surface area (Å²) in [5.74, 6) is 0. The molecule has 2 fully saturated rings. The molecule has 0 aliphatic carbocycles. The first-order valence-corrected chi connectivity index (χ1v) is 9.35. The van der Waals surface area contributed by atoms with E-state index in [9.17, 15) is 10.2 Å². The highest BCUT2D eigenvalue weighted by atomic mass is 16.5. The maximum atomic E-state index is 10.2. The largest absolute Gasteiger partial charge is 0.391 e. The van der Waals surface area contributed by atoms with E-state index in [1.807, 2.05) is 0 Å². The van der Waals surface area contributed by atoms with Crippen LogP contribution in [0.5, 0.6) is 0 Å². The van der Waals surface area contributed by atoms with Crippen LogP contribution < -0.4 is 0 Å². The minimum absolute atomic E-state index is 0.0757. The maximum absolute atomic E-state index is 10.2. The molecule has 0 bridgehead atoms. The first-order chi connectivity index (χ1) is 11.3. The normalized spacial score (nSPS) is 26.6. The van der Waals surface area contributed by atoms with E-state index < -0.39 is 6.10 Å². The van der Waals surface area contributed by atoms with Crippen molar-refractivity contribution >= 4 is 0 Å². The van der Waals surface area contributed by atoms with Crippen molar-refractivity contribution in [2.24, 2.45) is 5.41 Å². The van der Waals surface area contributed by atoms with Gasteiger partial charge in [0.25, 0.3) is 0 Å². The minimum Gasteiger partial charge on any atom is -0.391 e. The summed E-state index contributed by atoms with van der Waals surface area (Å²) in [5.41, 5.74) is -0.0757. The fourth-order valence-corrected chi connectivity index (χ4v) is 3.13. The highest BCUT2D eigenvalue weighted by Gasteiger charge is 2.27. The molecular weight excluding hydrogens is 308 g/mol. The van der Waals surface area contributed by atoms with E-state index in [1.54, 1.807) is 0 Å². The fraction of sp³-hybridized carbons (Fsp3) is 1.00. The van der Waals surface area contributed by atoms with E-state index in [0.29, 0.717) is 19.8 Å². The molecule has 2 rings (SSSR count). The van der Waals surface area contributed by atoms with E-state index in [4.69, 9.17) is 9.47 Å². The summed E-state index contributed by atoms with van der Waals surface area (Å²) < 4.78 is 11.1. The van der Waals surface area contributed by atoms with Crippen molar-refractivity contribution in [2.75, 3.05) is 59.1 Å². The molecule has 2 aliphatic heterocycles. The number of aliphatic hydroxyl groups is 2. The Hall–Kier alpha value is -0.240. The molecular formula is C18H36N2O4. The topological polar surface area (TPSA) is 65.4 Å². The minimum atomic E-state index is -0.446. The smallest absolute Gasteiger partial charge is 0.0900 e. The van der Waals surface area contributed by atoms with Crippen molar-refractivity contribution in [3.63, 3.8) is 0 Å². The van der Waals surface area contributed by atoms with Gasteiger partial charge in [0.2, 0.25) is 0 Å². The molecule has 2 saturated heterocycles. The zero-order valence-corrected chi connectivity index (χ0v) is 15.6. The van der Waals surface area contributed by atoms with Crippen LogP contribution in [-0.2, 0) is 9.47 Å². The van der Waals surface area contributed by atoms with E-state index in [2.05, 4.69) is 30.6 Å². The Morgan fingerprint density at radius 2 is 1.71 bits per heavy atom. The number of ether oxygens (including phenoxy) is 2. The highest BCUT2D eigenvalue weighted by molar-refractivity contribution is 4.80. The Kier molecular flexibility index (Phi) is 7.91. The average molecular weight is 344 g/mol. The summed E-state index contributed by atoms with van der Waals surface area (Å²) in [7, 11) is 0. The zero-order valence-electron chi connectivity index (χ0n) is 15.6. The molecule has 24 heavy (non-hydrogen) atoms. The number of aliphatic hydroxyl groups excluding tert-OH is 2. The summed E-state index contributed by atoms with van der Waals surface area (Å²) in [4.78, 5) is 4.59. The molecule has 0 aromatic heterocycles. The molecule has 0 aromatic carbocycles. The van der Waals surface area contributed by atoms with Crippen molar-refractivity contribution in [3.8, 4) is 0 Å². The highest BCUT2D eigenvalue weighted by Crippen LogP contribution is 2.20. The van der Waals surface area contributed by atoms with Gasteiger partial charge >= 0.3 is 0 Å². The van der Waals surface area contributed by atoms with E-state index in [-0.39, 0.29) is 17.6 Å². The van der Waals surface area contributed by atoms with Gasteiger partial charge in [-0.2, -0.15) is 0 Å². The standard InChI is InChI=1S/C18H36N2O4/c1-18(2,3)17(22)12-20-8-6-19(7-9-20)11-15(21)13-23-14-16-5-4-10-24-16/h15-17,21-22H,4-14H2,1-3H3/t15-,16-,17-/m1/s1. The van der Waals surface area contributed by atoms with Gasteiger partial charge in [0.05, 0.1) is 31.5 Å². The predicted octanol–water partition coefficient (Wildman–Crippen LogP) is 0.568. The SMILES string of the molecule is CC(C)(C)[C@H](O)CN1CCN(C[C@@H](O)COC[C@H]2CCCO2)CC1. The number of hydrogen-bond acceptors (Lipinski definition) is 6. The first-order valence-electron chi connectivity index (χ1n) is 9.35. The van der Waals surface area contributed by atoms with Gasteiger partial charge in [-0.15, -0.1) is 0 Å². The van der Waals surface area contributed by atoms with Crippen LogP contribution >= 0.6 is 0 Å². The zero-order chi connectivity index (χ0) is 17.6. The lowest BCUT2D eigenvalue weighted by Crippen LogP contribution is -2.51. The van der Waals surface area contributed by atoms with Crippen LogP contribution in [0.1, 0.15) is 33.6 Å². The summed E-state index contributed by atoms with van der Waals surface area (Å²) in [6, 6.07) is 0. The molecule has 0 unspecified atom stereocenters. The lowest BCUT2D eigenvalue weighted by Gasteiger charge is -2.38. The van der Waals surface area contributed by atoms with Crippen LogP contribution in [0.15, 0.2) is 0 Å². The van der Waals surface area contributed by atoms with Gasteiger partial charge in [0.1, 0.15) is 0 Å². The van der Waals surface area contributed by atoms with Crippen LogP contribution in [0.2, 0.25) is 0 Å². The second kappa shape index (κ2) is 9.46. The molecule has 0 amide bonds. The van der Waals surface area contributed by atoms with Gasteiger partial charge in [-0.3, -0.25) is 9.80 Å². The van der Waals surface area contributed by atoms with Crippen LogP contribution in [0.4, 0.5) is 0 Å². The van der Waals surface area contributed by atoms with Gasteiger partial charge in [-0.25, -0.2) is 0 Å². The molecule has 3 atom stereocenters. The third-order valence-corrected chi connectivity index (χ3v) is 5.00. The monoisotopic (exact) mass is 344 g/mol. The van der Waals surface area contributed by atoms with Crippen molar-refractivity contribution in [2.45, 2.75) is 51.9 Å². The van der Waals surface area contributed by atoms with Crippen LogP contribution in [-0.4, -0.2) is 97.4 Å². The summed E-state index contributed by atoms with van der Waals surface area (Å²) in [5, 5.41) is 20.3. The Morgan fingerprint density at radius 3 is 2.25 bits per heavy atom. The quantitative estimate of drug-likeness (QED) is 0.671. The first kappa shape index (κ1) is 20.1. The summed E-state index contributed by atoms with van der Waals surface area (Å²) >= 11 is 0. The Balaban J connectivity index is 1.56. The molecule has 0 radical (unpaired) electrons. The Bertz CT molecular complexity index is 347. The number of hydrogen-bond donors (Lipinski definition) is 2. The van der Waals surface area contributed by atoms with E-state index in [1.165, 1.54) is 0 Å². The van der Waals surface area contributed by atoms with Gasteiger partial charge in [0.15, 0.2) is 0 Å². The fourth-order valence-electron chi connectivity index (χ4n) is 3.13. The van der Waals surface area contributed by atoms with Crippen molar-refractivity contribution < 1.29 is 19.7 Å². The molecule has 142 valence electrons. The van der Waals surface area contributed by atoms with Crippen molar-refractivity contribution in [1.29, 1.82) is 0 Å². The molecule has 0 aromatic rings. The molecule has 0 spiro atoms. The third kappa shape index (κ3) is 6.94. The van der Waals surface area contributed by atoms with Gasteiger partial charge in [-0.05, 0) is 18.3 Å². The summed E-state index contributed by atoms with van der Waals surface area (Å²) in [6.45, 7) is 13.1. The van der Waals surface area contributed by atoms with E-state index in [0.717, 1.165) is 52.2 Å². The Morgan fingerprint density at radius 1 is 1.08 bits per heavy atom. The van der Waals surface area contributed by atoms with Crippen LogP contribution in [0.25, 0.3) is 0 Å². The second-order valence-corrected chi connectivity index (χ2v) is 8.31. The van der Waals surface area contributed by atoms with Crippen LogP contribution in [0.3, 0.4) is 0 Å². The Labute approximate surface area is 146 Å². The lowest BCUT2D eigenvalue weighted by atomic mass is 9.89. The number of rotatable bonds is 8. The number of nitrogens with zero attached hydrogens (tertiary/aromatic N) is 2. The molecule has 6 nitrogen and oxygen atoms in total. The average Bonchev–Trinajstić information content (AvgIpc) is 3.01. The molecule has 6 heteroatoms. The van der Waals surface area contributed by atoms with Crippen molar-refractivity contribution in [1.82, 2.24) is 9.80 Å². The molecule has 2 heterocycles. The second-order valence-electron chi connectivity index (χ2n) is 8.31.